The highest BCUT2D eigenvalue weighted by molar-refractivity contribution is 9.10. The Hall–Kier alpha value is -0.610. The van der Waals surface area contributed by atoms with E-state index in [1.165, 1.54) is 12.1 Å². The zero-order valence-corrected chi connectivity index (χ0v) is 14.6. The lowest BCUT2D eigenvalue weighted by molar-refractivity contribution is 0.546. The van der Waals surface area contributed by atoms with Gasteiger partial charge in [-0.3, -0.25) is 0 Å². The third-order valence-electron chi connectivity index (χ3n) is 3.22. The molecule has 0 aliphatic heterocycles. The van der Waals surface area contributed by atoms with Crippen LogP contribution in [0.2, 0.25) is 10.0 Å². The predicted molar refractivity (Wildman–Crippen MR) is 90.7 cm³/mol. The van der Waals surface area contributed by atoms with Gasteiger partial charge in [0, 0.05) is 20.6 Å². The first-order chi connectivity index (χ1) is 10.0. The van der Waals surface area contributed by atoms with Gasteiger partial charge in [-0.2, -0.15) is 0 Å². The summed E-state index contributed by atoms with van der Waals surface area (Å²) in [7, 11) is 0. The van der Waals surface area contributed by atoms with E-state index in [0.717, 1.165) is 22.1 Å². The normalized spacial score (nSPS) is 12.4. The molecule has 1 atom stereocenters. The predicted octanol–water partition coefficient (Wildman–Crippen LogP) is 5.79. The molecule has 0 saturated heterocycles. The van der Waals surface area contributed by atoms with E-state index in [2.05, 4.69) is 21.2 Å². The monoisotopic (exact) mass is 389 g/mol. The molecule has 0 spiro atoms. The van der Waals surface area contributed by atoms with Crippen LogP contribution in [0.15, 0.2) is 40.9 Å². The molecule has 21 heavy (non-hydrogen) atoms. The molecule has 1 nitrogen and oxygen atoms in total. The van der Waals surface area contributed by atoms with Crippen LogP contribution in [0.25, 0.3) is 0 Å². The highest BCUT2D eigenvalue weighted by atomic mass is 79.9. The van der Waals surface area contributed by atoms with Crippen LogP contribution in [-0.4, -0.2) is 6.54 Å². The Labute approximate surface area is 142 Å². The molecule has 2 aromatic carbocycles. The van der Waals surface area contributed by atoms with E-state index in [1.54, 1.807) is 12.1 Å². The zero-order chi connectivity index (χ0) is 15.4. The van der Waals surface area contributed by atoms with Crippen molar-refractivity contribution in [2.24, 2.45) is 0 Å². The molecule has 1 unspecified atom stereocenters. The van der Waals surface area contributed by atoms with E-state index in [9.17, 15) is 4.39 Å². The maximum Gasteiger partial charge on any atom is 0.123 e. The number of benzene rings is 2. The van der Waals surface area contributed by atoms with Crippen molar-refractivity contribution >= 4 is 39.1 Å². The number of halogens is 4. The summed E-state index contributed by atoms with van der Waals surface area (Å²) in [5.41, 5.74) is 1.85. The Morgan fingerprint density at radius 1 is 1.19 bits per heavy atom. The molecule has 0 heterocycles. The van der Waals surface area contributed by atoms with Gasteiger partial charge in [0.15, 0.2) is 0 Å². The van der Waals surface area contributed by atoms with Crippen LogP contribution in [0.5, 0.6) is 0 Å². The lowest BCUT2D eigenvalue weighted by Gasteiger charge is -2.20. The van der Waals surface area contributed by atoms with Crippen molar-refractivity contribution in [3.05, 3.63) is 67.9 Å². The maximum atomic E-state index is 13.4. The second-order valence-electron chi connectivity index (χ2n) is 4.72. The molecule has 2 rings (SSSR count). The van der Waals surface area contributed by atoms with Gasteiger partial charge >= 0.3 is 0 Å². The molecule has 0 amide bonds. The first-order valence-corrected chi connectivity index (χ1v) is 8.18. The second kappa shape index (κ2) is 7.59. The molecule has 112 valence electrons. The van der Waals surface area contributed by atoms with Gasteiger partial charge < -0.3 is 5.32 Å². The number of hydrogen-bond acceptors (Lipinski definition) is 1. The minimum absolute atomic E-state index is 0.00198. The fourth-order valence-electron chi connectivity index (χ4n) is 2.24. The molecule has 1 N–H and O–H groups in total. The van der Waals surface area contributed by atoms with Gasteiger partial charge in [-0.05, 0) is 54.4 Å². The van der Waals surface area contributed by atoms with Crippen LogP contribution >= 0.6 is 39.1 Å². The van der Waals surface area contributed by atoms with Gasteiger partial charge in [0.1, 0.15) is 5.82 Å². The lowest BCUT2D eigenvalue weighted by atomic mass is 9.98. The molecular weight excluding hydrogens is 376 g/mol. The summed E-state index contributed by atoms with van der Waals surface area (Å²) < 4.78 is 14.3. The Kier molecular flexibility index (Phi) is 6.06. The van der Waals surface area contributed by atoms with Gasteiger partial charge in [0.05, 0.1) is 0 Å². The molecule has 0 saturated carbocycles. The average molecular weight is 391 g/mol. The smallest absolute Gasteiger partial charge is 0.123 e. The first kappa shape index (κ1) is 16.8. The lowest BCUT2D eigenvalue weighted by Crippen LogP contribution is -2.23. The second-order valence-corrected chi connectivity index (χ2v) is 6.41. The van der Waals surface area contributed by atoms with Gasteiger partial charge in [-0.1, -0.05) is 52.1 Å². The third-order valence-corrected chi connectivity index (χ3v) is 4.56. The van der Waals surface area contributed by atoms with Crippen LogP contribution in [0, 0.1) is 5.82 Å². The number of hydrogen-bond donors (Lipinski definition) is 1. The van der Waals surface area contributed by atoms with Crippen molar-refractivity contribution in [2.45, 2.75) is 19.4 Å². The molecule has 2 aromatic rings. The van der Waals surface area contributed by atoms with Crippen LogP contribution < -0.4 is 5.32 Å². The third kappa shape index (κ3) is 4.43. The molecule has 0 radical (unpaired) electrons. The largest absolute Gasteiger partial charge is 0.310 e. The number of likely N-dealkylation sites (N-methyl/N-ethyl adjacent to an activating group) is 1. The average Bonchev–Trinajstić information content (AvgIpc) is 2.42. The van der Waals surface area contributed by atoms with E-state index in [4.69, 9.17) is 23.2 Å². The maximum absolute atomic E-state index is 13.4. The summed E-state index contributed by atoms with van der Waals surface area (Å²) in [5, 5.41) is 4.60. The van der Waals surface area contributed by atoms with Crippen molar-refractivity contribution in [1.82, 2.24) is 5.32 Å². The quantitative estimate of drug-likeness (QED) is 0.681. The minimum Gasteiger partial charge on any atom is -0.310 e. The van der Waals surface area contributed by atoms with E-state index < -0.39 is 0 Å². The van der Waals surface area contributed by atoms with Crippen LogP contribution in [0.4, 0.5) is 4.39 Å². The molecule has 0 aliphatic rings. The fourth-order valence-corrected chi connectivity index (χ4v) is 3.19. The summed E-state index contributed by atoms with van der Waals surface area (Å²) in [5.74, 6) is -0.245. The Morgan fingerprint density at radius 2 is 1.95 bits per heavy atom. The van der Waals surface area contributed by atoms with Gasteiger partial charge in [-0.15, -0.1) is 0 Å². The number of nitrogens with one attached hydrogen (secondary N) is 1. The fraction of sp³-hybridized carbons (Fsp3) is 0.250. The minimum atomic E-state index is -0.245. The zero-order valence-electron chi connectivity index (χ0n) is 11.5. The Morgan fingerprint density at radius 3 is 2.62 bits per heavy atom. The number of rotatable bonds is 5. The molecule has 0 aromatic heterocycles. The topological polar surface area (TPSA) is 12.0 Å². The molecule has 0 bridgehead atoms. The van der Waals surface area contributed by atoms with Crippen LogP contribution in [0.3, 0.4) is 0 Å². The van der Waals surface area contributed by atoms with E-state index in [-0.39, 0.29) is 11.9 Å². The molecule has 0 aliphatic carbocycles. The van der Waals surface area contributed by atoms with Crippen molar-refractivity contribution in [2.75, 3.05) is 6.54 Å². The van der Waals surface area contributed by atoms with Gasteiger partial charge in [-0.25, -0.2) is 4.39 Å². The summed E-state index contributed by atoms with van der Waals surface area (Å²) in [6, 6.07) is 10.1. The highest BCUT2D eigenvalue weighted by Crippen LogP contribution is 2.30. The van der Waals surface area contributed by atoms with Gasteiger partial charge in [0.25, 0.3) is 0 Å². The van der Waals surface area contributed by atoms with Crippen LogP contribution in [-0.2, 0) is 6.42 Å². The summed E-state index contributed by atoms with van der Waals surface area (Å²) >= 11 is 15.7. The molecule has 0 fully saturated rings. The molecule has 5 heteroatoms. The Balaban J connectivity index is 2.32. The molecular formula is C16H15BrCl2FN. The summed E-state index contributed by atoms with van der Waals surface area (Å²) in [4.78, 5) is 0. The SMILES string of the molecule is CCNC(Cc1cc(F)ccc1Br)c1ccc(Cl)cc1Cl. The highest BCUT2D eigenvalue weighted by Gasteiger charge is 2.16. The van der Waals surface area contributed by atoms with Crippen LogP contribution in [0.1, 0.15) is 24.1 Å². The van der Waals surface area contributed by atoms with Crippen molar-refractivity contribution in [1.29, 1.82) is 0 Å². The van der Waals surface area contributed by atoms with Gasteiger partial charge in [0.2, 0.25) is 0 Å². The van der Waals surface area contributed by atoms with E-state index in [0.29, 0.717) is 16.5 Å². The van der Waals surface area contributed by atoms with E-state index >= 15 is 0 Å². The van der Waals surface area contributed by atoms with Crippen molar-refractivity contribution in [3.8, 4) is 0 Å². The summed E-state index contributed by atoms with van der Waals surface area (Å²) in [6.45, 7) is 2.81. The standard InChI is InChI=1S/C16H15BrCl2FN/c1-2-21-16(13-5-3-11(18)9-15(13)19)8-10-7-12(20)4-6-14(10)17/h3-7,9,16,21H,2,8H2,1H3. The van der Waals surface area contributed by atoms with Crippen molar-refractivity contribution in [3.63, 3.8) is 0 Å². The summed E-state index contributed by atoms with van der Waals surface area (Å²) in [6.07, 6.45) is 0.632. The van der Waals surface area contributed by atoms with Crippen molar-refractivity contribution < 1.29 is 4.39 Å². The Bertz CT molecular complexity index is 634. The first-order valence-electron chi connectivity index (χ1n) is 6.63. The van der Waals surface area contributed by atoms with E-state index in [1.807, 2.05) is 19.1 Å².